The first-order chi connectivity index (χ1) is 8.58. The van der Waals surface area contributed by atoms with Crippen molar-refractivity contribution in [3.8, 4) is 6.07 Å². The van der Waals surface area contributed by atoms with Crippen LogP contribution in [-0.4, -0.2) is 13.9 Å². The lowest BCUT2D eigenvalue weighted by Gasteiger charge is -2.11. The average molecular weight is 350 g/mol. The van der Waals surface area contributed by atoms with Crippen LogP contribution >= 0.6 is 34.0 Å². The topological polar surface area (TPSA) is 57.9 Å². The van der Waals surface area contributed by atoms with Gasteiger partial charge in [0.05, 0.1) is 10.5 Å². The zero-order valence-corrected chi connectivity index (χ0v) is 12.0. The van der Waals surface area contributed by atoms with Crippen molar-refractivity contribution in [2.24, 2.45) is 0 Å². The van der Waals surface area contributed by atoms with E-state index >= 15 is 0 Å². The summed E-state index contributed by atoms with van der Waals surface area (Å²) in [5.41, 5.74) is -5.00. The Bertz CT molecular complexity index is 638. The quantitative estimate of drug-likeness (QED) is 0.472. The van der Waals surface area contributed by atoms with Crippen LogP contribution in [0.5, 0.6) is 0 Å². The molecule has 10 heteroatoms. The van der Waals surface area contributed by atoms with E-state index in [-0.39, 0.29) is 17.0 Å². The lowest BCUT2D eigenvalue weighted by Crippen LogP contribution is -2.03. The van der Waals surface area contributed by atoms with Crippen LogP contribution in [0.2, 0.25) is 0 Å². The summed E-state index contributed by atoms with van der Waals surface area (Å²) < 4.78 is 59.5. The molecule has 0 amide bonds. The molecule has 0 saturated heterocycles. The molecule has 0 atom stereocenters. The zero-order valence-electron chi connectivity index (χ0n) is 8.83. The minimum atomic E-state index is -4.65. The normalized spacial score (nSPS) is 12.2. The molecular formula is C9H4Cl2F3NO2S2. The molecule has 1 rings (SSSR count). The van der Waals surface area contributed by atoms with E-state index in [0.717, 1.165) is 6.07 Å². The Morgan fingerprint density at radius 2 is 1.95 bits per heavy atom. The maximum Gasteiger partial charge on any atom is 0.446 e. The highest BCUT2D eigenvalue weighted by Gasteiger charge is 2.32. The molecule has 0 spiro atoms. The third kappa shape index (κ3) is 4.45. The van der Waals surface area contributed by atoms with Crippen LogP contribution in [-0.2, 0) is 14.9 Å². The Morgan fingerprint density at radius 3 is 2.32 bits per heavy atom. The number of benzene rings is 1. The number of thioether (sulfide) groups is 1. The number of hydrogen-bond donors (Lipinski definition) is 0. The Labute approximate surface area is 120 Å². The Kier molecular flexibility index (Phi) is 5.01. The van der Waals surface area contributed by atoms with Crippen molar-refractivity contribution in [1.82, 2.24) is 0 Å². The average Bonchev–Trinajstić information content (AvgIpc) is 2.25. The van der Waals surface area contributed by atoms with Crippen molar-refractivity contribution in [2.45, 2.75) is 21.2 Å². The predicted molar refractivity (Wildman–Crippen MR) is 65.7 cm³/mol. The molecule has 19 heavy (non-hydrogen) atoms. The molecule has 0 aliphatic carbocycles. The van der Waals surface area contributed by atoms with E-state index in [4.69, 9.17) is 27.5 Å². The van der Waals surface area contributed by atoms with E-state index in [9.17, 15) is 21.6 Å². The van der Waals surface area contributed by atoms with Crippen LogP contribution in [0.1, 0.15) is 11.1 Å². The first-order valence-corrected chi connectivity index (χ1v) is 8.08. The molecule has 1 aromatic rings. The Balaban J connectivity index is 3.53. The van der Waals surface area contributed by atoms with Crippen LogP contribution in [0.4, 0.5) is 13.2 Å². The van der Waals surface area contributed by atoms with Gasteiger partial charge in [0.2, 0.25) is 0 Å². The highest BCUT2D eigenvalue weighted by Crippen LogP contribution is 2.40. The molecule has 104 valence electrons. The van der Waals surface area contributed by atoms with E-state index < -0.39 is 36.1 Å². The Morgan fingerprint density at radius 1 is 1.37 bits per heavy atom. The van der Waals surface area contributed by atoms with Crippen LogP contribution in [0.15, 0.2) is 21.9 Å². The van der Waals surface area contributed by atoms with Gasteiger partial charge in [0.15, 0.2) is 0 Å². The third-order valence-electron chi connectivity index (χ3n) is 1.92. The van der Waals surface area contributed by atoms with Gasteiger partial charge in [-0.05, 0) is 29.5 Å². The molecule has 1 aromatic carbocycles. The summed E-state index contributed by atoms with van der Waals surface area (Å²) in [6.45, 7) is 0. The molecule has 0 heterocycles. The lowest BCUT2D eigenvalue weighted by atomic mass is 10.1. The summed E-state index contributed by atoms with van der Waals surface area (Å²) >= 11 is 4.90. The lowest BCUT2D eigenvalue weighted by molar-refractivity contribution is -0.0328. The minimum Gasteiger partial charge on any atom is -0.207 e. The highest BCUT2D eigenvalue weighted by molar-refractivity contribution is 8.13. The number of halogens is 5. The van der Waals surface area contributed by atoms with Crippen molar-refractivity contribution in [2.75, 3.05) is 0 Å². The fourth-order valence-electron chi connectivity index (χ4n) is 1.23. The van der Waals surface area contributed by atoms with Gasteiger partial charge in [0, 0.05) is 21.5 Å². The summed E-state index contributed by atoms with van der Waals surface area (Å²) in [6.07, 6.45) is 0. The van der Waals surface area contributed by atoms with Gasteiger partial charge in [-0.2, -0.15) is 18.4 Å². The first-order valence-electron chi connectivity index (χ1n) is 4.42. The maximum absolute atomic E-state index is 12.3. The summed E-state index contributed by atoms with van der Waals surface area (Å²) in [5, 5.41) is 8.77. The molecule has 0 saturated carbocycles. The van der Waals surface area contributed by atoms with Gasteiger partial charge in [0.1, 0.15) is 6.07 Å². The SMILES string of the molecule is N#Cc1cc(CCl)c(S(=O)(=O)Cl)cc1SC(F)(F)F. The molecule has 0 aromatic heterocycles. The van der Waals surface area contributed by atoms with Gasteiger partial charge < -0.3 is 0 Å². The van der Waals surface area contributed by atoms with Crippen molar-refractivity contribution < 1.29 is 21.6 Å². The molecule has 0 unspecified atom stereocenters. The van der Waals surface area contributed by atoms with Crippen LogP contribution in [0.3, 0.4) is 0 Å². The number of rotatable bonds is 3. The standard InChI is InChI=1S/C9H4Cl2F3NO2S2/c10-3-5-1-6(4-15)7(18-9(12,13)14)2-8(5)19(11,16)17/h1-2H,3H2. The number of nitrogens with zero attached hydrogens (tertiary/aromatic N) is 1. The molecule has 0 bridgehead atoms. The summed E-state index contributed by atoms with van der Waals surface area (Å²) in [4.78, 5) is -1.07. The first kappa shape index (κ1) is 16.4. The van der Waals surface area contributed by atoms with Crippen molar-refractivity contribution in [1.29, 1.82) is 5.26 Å². The summed E-state index contributed by atoms with van der Waals surface area (Å²) in [5.74, 6) is -0.299. The van der Waals surface area contributed by atoms with Gasteiger partial charge >= 0.3 is 5.51 Å². The molecule has 0 N–H and O–H groups in total. The van der Waals surface area contributed by atoms with Crippen molar-refractivity contribution in [3.63, 3.8) is 0 Å². The number of alkyl halides is 4. The smallest absolute Gasteiger partial charge is 0.207 e. The predicted octanol–water partition coefficient (Wildman–Crippen LogP) is 3.84. The van der Waals surface area contributed by atoms with Gasteiger partial charge in [-0.15, -0.1) is 11.6 Å². The van der Waals surface area contributed by atoms with Gasteiger partial charge in [0.25, 0.3) is 9.05 Å². The second-order valence-electron chi connectivity index (χ2n) is 3.19. The van der Waals surface area contributed by atoms with E-state index in [1.165, 1.54) is 0 Å². The summed E-state index contributed by atoms with van der Waals surface area (Å²) in [7, 11) is 0.870. The van der Waals surface area contributed by atoms with E-state index in [1.807, 2.05) is 0 Å². The summed E-state index contributed by atoms with van der Waals surface area (Å²) in [6, 6.07) is 3.24. The second kappa shape index (κ2) is 5.79. The van der Waals surface area contributed by atoms with Crippen LogP contribution in [0, 0.1) is 11.3 Å². The molecule has 3 nitrogen and oxygen atoms in total. The molecule has 0 radical (unpaired) electrons. The second-order valence-corrected chi connectivity index (χ2v) is 7.10. The maximum atomic E-state index is 12.3. The number of hydrogen-bond acceptors (Lipinski definition) is 4. The van der Waals surface area contributed by atoms with Crippen LogP contribution in [0.25, 0.3) is 0 Å². The van der Waals surface area contributed by atoms with Gasteiger partial charge in [-0.25, -0.2) is 8.42 Å². The third-order valence-corrected chi connectivity index (χ3v) is 4.40. The fraction of sp³-hybridized carbons (Fsp3) is 0.222. The van der Waals surface area contributed by atoms with Gasteiger partial charge in [-0.3, -0.25) is 0 Å². The van der Waals surface area contributed by atoms with Crippen molar-refractivity contribution >= 4 is 43.1 Å². The minimum absolute atomic E-state index is 0.0280. The Hall–Kier alpha value is -0.620. The fourth-order valence-corrected chi connectivity index (χ4v) is 3.38. The van der Waals surface area contributed by atoms with Gasteiger partial charge in [-0.1, -0.05) is 0 Å². The van der Waals surface area contributed by atoms with E-state index in [0.29, 0.717) is 6.07 Å². The highest BCUT2D eigenvalue weighted by atomic mass is 35.7. The molecular weight excluding hydrogens is 346 g/mol. The van der Waals surface area contributed by atoms with Crippen molar-refractivity contribution in [3.05, 3.63) is 23.3 Å². The monoisotopic (exact) mass is 349 g/mol. The molecule has 0 aliphatic rings. The molecule has 0 aliphatic heterocycles. The number of nitriles is 1. The van der Waals surface area contributed by atoms with Crippen LogP contribution < -0.4 is 0 Å². The molecule has 0 fully saturated rings. The van der Waals surface area contributed by atoms with E-state index in [1.54, 1.807) is 6.07 Å². The largest absolute Gasteiger partial charge is 0.446 e. The zero-order chi connectivity index (χ0) is 14.8. The van der Waals surface area contributed by atoms with E-state index in [2.05, 4.69) is 0 Å².